The fourth-order valence-electron chi connectivity index (χ4n) is 2.52. The summed E-state index contributed by atoms with van der Waals surface area (Å²) in [7, 11) is 2.08. The van der Waals surface area contributed by atoms with Crippen LogP contribution in [0.4, 0.5) is 4.39 Å². The van der Waals surface area contributed by atoms with Gasteiger partial charge in [-0.1, -0.05) is 0 Å². The van der Waals surface area contributed by atoms with Crippen LogP contribution in [0.5, 0.6) is 0 Å². The summed E-state index contributed by atoms with van der Waals surface area (Å²) in [5.41, 5.74) is 0. The Labute approximate surface area is 142 Å². The van der Waals surface area contributed by atoms with Gasteiger partial charge in [-0.05, 0) is 37.6 Å². The largest absolute Gasteiger partial charge is 0.381 e. The highest BCUT2D eigenvalue weighted by Gasteiger charge is 2.18. The lowest BCUT2D eigenvalue weighted by Crippen LogP contribution is -2.41. The van der Waals surface area contributed by atoms with Gasteiger partial charge in [0.05, 0.1) is 13.2 Å². The van der Waals surface area contributed by atoms with Gasteiger partial charge in [-0.3, -0.25) is 4.99 Å². The number of hydrogen-bond acceptors (Lipinski definition) is 3. The molecule has 0 amide bonds. The lowest BCUT2D eigenvalue weighted by Gasteiger charge is -2.24. The lowest BCUT2D eigenvalue weighted by atomic mass is 10.1. The molecule has 23 heavy (non-hydrogen) atoms. The van der Waals surface area contributed by atoms with Crippen LogP contribution in [0, 0.1) is 11.7 Å². The predicted molar refractivity (Wildman–Crippen MR) is 94.7 cm³/mol. The van der Waals surface area contributed by atoms with Gasteiger partial charge in [0.1, 0.15) is 5.82 Å². The number of nitrogens with zero attached hydrogens (tertiary/aromatic N) is 2. The summed E-state index contributed by atoms with van der Waals surface area (Å²) in [5, 5.41) is 3.34. The smallest absolute Gasteiger partial charge is 0.193 e. The number of aliphatic imine (C=N–C) groups is 1. The van der Waals surface area contributed by atoms with E-state index in [2.05, 4.69) is 29.2 Å². The molecule has 0 aromatic heterocycles. The van der Waals surface area contributed by atoms with Crippen molar-refractivity contribution in [1.82, 2.24) is 10.2 Å². The minimum atomic E-state index is -0.195. The fourth-order valence-corrected chi connectivity index (χ4v) is 3.26. The summed E-state index contributed by atoms with van der Waals surface area (Å²) < 4.78 is 18.3. The van der Waals surface area contributed by atoms with Gasteiger partial charge in [-0.2, -0.15) is 0 Å². The molecule has 1 saturated heterocycles. The third-order valence-electron chi connectivity index (χ3n) is 3.69. The molecule has 1 unspecified atom stereocenters. The molecule has 0 radical (unpaired) electrons. The van der Waals surface area contributed by atoms with Crippen molar-refractivity contribution in [3.8, 4) is 0 Å². The first-order valence-corrected chi connectivity index (χ1v) is 9.13. The van der Waals surface area contributed by atoms with Gasteiger partial charge in [0.2, 0.25) is 0 Å². The van der Waals surface area contributed by atoms with Gasteiger partial charge < -0.3 is 15.0 Å². The minimum Gasteiger partial charge on any atom is -0.381 e. The van der Waals surface area contributed by atoms with E-state index in [1.807, 2.05) is 0 Å². The van der Waals surface area contributed by atoms with Crippen LogP contribution in [-0.4, -0.2) is 56.5 Å². The van der Waals surface area contributed by atoms with Crippen LogP contribution in [0.15, 0.2) is 34.2 Å². The van der Waals surface area contributed by atoms with Crippen LogP contribution in [0.25, 0.3) is 0 Å². The quantitative estimate of drug-likeness (QED) is 0.359. The molecule has 1 N–H and O–H groups in total. The van der Waals surface area contributed by atoms with Gasteiger partial charge in [-0.25, -0.2) is 4.39 Å². The molecule has 6 heteroatoms. The zero-order valence-electron chi connectivity index (χ0n) is 13.9. The van der Waals surface area contributed by atoms with Crippen molar-refractivity contribution in [2.45, 2.75) is 18.2 Å². The van der Waals surface area contributed by atoms with E-state index in [-0.39, 0.29) is 5.82 Å². The second-order valence-corrected chi connectivity index (χ2v) is 6.82. The molecule has 0 saturated carbocycles. The molecular weight excluding hydrogens is 313 g/mol. The molecule has 1 heterocycles. The fraction of sp³-hybridized carbons (Fsp3) is 0.588. The van der Waals surface area contributed by atoms with Crippen LogP contribution in [0.3, 0.4) is 0 Å². The number of hydrogen-bond donors (Lipinski definition) is 1. The number of thioether (sulfide) groups is 1. The second kappa shape index (κ2) is 9.78. The summed E-state index contributed by atoms with van der Waals surface area (Å²) in [5.74, 6) is 2.22. The second-order valence-electron chi connectivity index (χ2n) is 5.65. The Balaban J connectivity index is 1.78. The Hall–Kier alpha value is -1.27. The number of benzene rings is 1. The zero-order valence-corrected chi connectivity index (χ0v) is 14.7. The Bertz CT molecular complexity index is 489. The first-order valence-electron chi connectivity index (χ1n) is 8.14. The van der Waals surface area contributed by atoms with Gasteiger partial charge in [-0.15, -0.1) is 11.8 Å². The molecule has 1 atom stereocenters. The highest BCUT2D eigenvalue weighted by atomic mass is 32.2. The maximum atomic E-state index is 12.9. The van der Waals surface area contributed by atoms with Crippen LogP contribution < -0.4 is 5.32 Å². The van der Waals surface area contributed by atoms with Crippen molar-refractivity contribution in [1.29, 1.82) is 0 Å². The third-order valence-corrected chi connectivity index (χ3v) is 4.68. The Morgan fingerprint density at radius 2 is 2.22 bits per heavy atom. The number of nitrogens with one attached hydrogen (secondary N) is 1. The highest BCUT2D eigenvalue weighted by Crippen LogP contribution is 2.17. The van der Waals surface area contributed by atoms with Gasteiger partial charge in [0.15, 0.2) is 5.96 Å². The van der Waals surface area contributed by atoms with Gasteiger partial charge in [0, 0.05) is 43.3 Å². The number of rotatable bonds is 7. The zero-order chi connectivity index (χ0) is 16.5. The Kier molecular flexibility index (Phi) is 7.68. The van der Waals surface area contributed by atoms with E-state index in [0.717, 1.165) is 55.9 Å². The van der Waals surface area contributed by atoms with Crippen molar-refractivity contribution < 1.29 is 9.13 Å². The summed E-state index contributed by atoms with van der Waals surface area (Å²) in [4.78, 5) is 7.94. The van der Waals surface area contributed by atoms with E-state index in [0.29, 0.717) is 5.92 Å². The Morgan fingerprint density at radius 3 is 2.87 bits per heavy atom. The summed E-state index contributed by atoms with van der Waals surface area (Å²) in [6.07, 6.45) is 1.13. The molecule has 1 fully saturated rings. The molecule has 0 bridgehead atoms. The van der Waals surface area contributed by atoms with Crippen LogP contribution >= 0.6 is 11.8 Å². The van der Waals surface area contributed by atoms with Crippen molar-refractivity contribution in [3.05, 3.63) is 30.1 Å². The van der Waals surface area contributed by atoms with E-state index in [9.17, 15) is 4.39 Å². The number of halogens is 1. The minimum absolute atomic E-state index is 0.195. The first-order chi connectivity index (χ1) is 11.2. The van der Waals surface area contributed by atoms with Crippen LogP contribution in [-0.2, 0) is 4.74 Å². The number of guanidine groups is 1. The van der Waals surface area contributed by atoms with Crippen molar-refractivity contribution in [2.75, 3.05) is 45.6 Å². The molecule has 1 aliphatic rings. The first kappa shape index (κ1) is 18.1. The lowest BCUT2D eigenvalue weighted by molar-refractivity contribution is 0.181. The van der Waals surface area contributed by atoms with E-state index < -0.39 is 0 Å². The van der Waals surface area contributed by atoms with E-state index in [1.165, 1.54) is 12.1 Å². The van der Waals surface area contributed by atoms with Crippen LogP contribution in [0.2, 0.25) is 0 Å². The molecule has 0 aliphatic carbocycles. The van der Waals surface area contributed by atoms with Crippen LogP contribution in [0.1, 0.15) is 13.3 Å². The van der Waals surface area contributed by atoms with Crippen molar-refractivity contribution >= 4 is 17.7 Å². The monoisotopic (exact) mass is 339 g/mol. The van der Waals surface area contributed by atoms with E-state index in [4.69, 9.17) is 4.74 Å². The Morgan fingerprint density at radius 1 is 1.43 bits per heavy atom. The molecule has 4 nitrogen and oxygen atoms in total. The SMILES string of the molecule is CCNC(=NCCSc1ccc(F)cc1)N(C)CC1CCOC1. The molecular formula is C17H26FN3OS. The van der Waals surface area contributed by atoms with E-state index >= 15 is 0 Å². The molecule has 1 aromatic carbocycles. The maximum absolute atomic E-state index is 12.9. The normalized spacial score (nSPS) is 18.2. The molecule has 0 spiro atoms. The summed E-state index contributed by atoms with van der Waals surface area (Å²) in [6, 6.07) is 6.60. The standard InChI is InChI=1S/C17H26FN3OS/c1-3-19-17(21(2)12-14-8-10-22-13-14)20-9-11-23-16-6-4-15(18)5-7-16/h4-7,14H,3,8-13H2,1-2H3,(H,19,20). The summed E-state index contributed by atoms with van der Waals surface area (Å²) >= 11 is 1.69. The van der Waals surface area contributed by atoms with Crippen molar-refractivity contribution in [2.24, 2.45) is 10.9 Å². The van der Waals surface area contributed by atoms with Crippen molar-refractivity contribution in [3.63, 3.8) is 0 Å². The molecule has 1 aromatic rings. The average Bonchev–Trinajstić information content (AvgIpc) is 3.05. The van der Waals surface area contributed by atoms with E-state index in [1.54, 1.807) is 23.9 Å². The maximum Gasteiger partial charge on any atom is 0.193 e. The third kappa shape index (κ3) is 6.39. The summed E-state index contributed by atoms with van der Waals surface area (Å²) in [6.45, 7) is 6.36. The highest BCUT2D eigenvalue weighted by molar-refractivity contribution is 7.99. The molecule has 128 valence electrons. The molecule has 2 rings (SSSR count). The average molecular weight is 339 g/mol. The van der Waals surface area contributed by atoms with Gasteiger partial charge in [0.25, 0.3) is 0 Å². The van der Waals surface area contributed by atoms with Gasteiger partial charge >= 0.3 is 0 Å². The number of ether oxygens (including phenoxy) is 1. The predicted octanol–water partition coefficient (Wildman–Crippen LogP) is 2.85. The topological polar surface area (TPSA) is 36.9 Å². The molecule has 1 aliphatic heterocycles.